The van der Waals surface area contributed by atoms with Crippen LogP contribution in [0.3, 0.4) is 0 Å². The van der Waals surface area contributed by atoms with Gasteiger partial charge in [0.2, 0.25) is 0 Å². The molecule has 0 N–H and O–H groups in total. The van der Waals surface area contributed by atoms with Gasteiger partial charge in [-0.1, -0.05) is 5.92 Å². The summed E-state index contributed by atoms with van der Waals surface area (Å²) < 4.78 is 0.947. The summed E-state index contributed by atoms with van der Waals surface area (Å²) in [5.41, 5.74) is 0. The van der Waals surface area contributed by atoms with Gasteiger partial charge in [0.25, 0.3) is 0 Å². The lowest BCUT2D eigenvalue weighted by atomic mass is 10.4. The summed E-state index contributed by atoms with van der Waals surface area (Å²) in [6.07, 6.45) is 6.13. The highest BCUT2D eigenvalue weighted by atomic mass is 79.9. The first kappa shape index (κ1) is 11.8. The minimum atomic E-state index is 0.684. The molecule has 2 heterocycles. The van der Waals surface area contributed by atoms with Crippen LogP contribution in [0.5, 0.6) is 0 Å². The van der Waals surface area contributed by atoms with Gasteiger partial charge < -0.3 is 0 Å². The van der Waals surface area contributed by atoms with Crippen molar-refractivity contribution in [2.45, 2.75) is 12.8 Å². The molecule has 2 nitrogen and oxygen atoms in total. The van der Waals surface area contributed by atoms with E-state index in [0.29, 0.717) is 5.92 Å². The van der Waals surface area contributed by atoms with E-state index in [1.165, 1.54) is 12.8 Å². The van der Waals surface area contributed by atoms with Crippen molar-refractivity contribution in [1.82, 2.24) is 9.97 Å². The quantitative estimate of drug-likeness (QED) is 0.691. The maximum Gasteiger partial charge on any atom is 0.166 e. The minimum absolute atomic E-state index is 0.684. The number of nitrogens with zero attached hydrogens (tertiary/aromatic N) is 2. The van der Waals surface area contributed by atoms with Gasteiger partial charge in [0.05, 0.1) is 0 Å². The van der Waals surface area contributed by atoms with Crippen molar-refractivity contribution in [3.05, 3.63) is 32.1 Å². The summed E-state index contributed by atoms with van der Waals surface area (Å²) in [4.78, 5) is 7.91. The molecule has 0 bridgehead atoms. The normalized spacial score (nSPS) is 13.3. The Morgan fingerprint density at radius 2 is 1.94 bits per heavy atom. The van der Waals surface area contributed by atoms with Crippen LogP contribution in [0.15, 0.2) is 27.1 Å². The molecule has 1 aliphatic carbocycles. The summed E-state index contributed by atoms with van der Waals surface area (Å²) in [5, 5.41) is 4.83. The Hall–Kier alpha value is -0.700. The molecule has 1 aliphatic rings. The Morgan fingerprint density at radius 3 is 2.38 bits per heavy atom. The number of aromatic nitrogens is 2. The second kappa shape index (κ2) is 6.14. The third-order valence-electron chi connectivity index (χ3n) is 1.80. The zero-order valence-corrected chi connectivity index (χ0v) is 11.6. The molecule has 0 radical (unpaired) electrons. The van der Waals surface area contributed by atoms with Gasteiger partial charge in [-0.15, -0.1) is 22.7 Å². The second-order valence-corrected chi connectivity index (χ2v) is 6.23. The Morgan fingerprint density at radius 1 is 1.19 bits per heavy atom. The van der Waals surface area contributed by atoms with Crippen LogP contribution >= 0.6 is 38.6 Å². The second-order valence-electron chi connectivity index (χ2n) is 3.17. The fraction of sp³-hybridized carbons (Fsp3) is 0.273. The number of rotatable bonds is 0. The molecular weight excluding hydrogens is 304 g/mol. The Kier molecular flexibility index (Phi) is 4.52. The highest BCUT2D eigenvalue weighted by Gasteiger charge is 2.17. The van der Waals surface area contributed by atoms with Crippen LogP contribution in [0.25, 0.3) is 0 Å². The van der Waals surface area contributed by atoms with E-state index in [-0.39, 0.29) is 0 Å². The van der Waals surface area contributed by atoms with E-state index >= 15 is 0 Å². The number of halogens is 1. The number of hydrogen-bond donors (Lipinski definition) is 0. The maximum absolute atomic E-state index is 4.06. The van der Waals surface area contributed by atoms with Crippen LogP contribution in [-0.2, 0) is 0 Å². The molecule has 0 aliphatic heterocycles. The van der Waals surface area contributed by atoms with Gasteiger partial charge in [-0.25, -0.2) is 9.97 Å². The highest BCUT2D eigenvalue weighted by Crippen LogP contribution is 2.27. The van der Waals surface area contributed by atoms with Gasteiger partial charge in [-0.3, -0.25) is 0 Å². The van der Waals surface area contributed by atoms with Crippen LogP contribution in [0, 0.1) is 17.8 Å². The number of thiazole rings is 2. The first-order chi connectivity index (χ1) is 7.84. The lowest BCUT2D eigenvalue weighted by molar-refractivity contribution is 1.18. The first-order valence-electron chi connectivity index (χ1n) is 4.80. The molecule has 0 spiro atoms. The van der Waals surface area contributed by atoms with E-state index in [9.17, 15) is 0 Å². The topological polar surface area (TPSA) is 25.8 Å². The molecular formula is C11H9BrN2S2. The Bertz CT molecular complexity index is 464. The van der Waals surface area contributed by atoms with Crippen molar-refractivity contribution in [2.24, 2.45) is 5.92 Å². The van der Waals surface area contributed by atoms with Crippen LogP contribution in [-0.4, -0.2) is 9.97 Å². The largest absolute Gasteiger partial charge is 0.238 e. The van der Waals surface area contributed by atoms with E-state index < -0.39 is 0 Å². The van der Waals surface area contributed by atoms with E-state index in [1.807, 2.05) is 10.8 Å². The van der Waals surface area contributed by atoms with E-state index in [2.05, 4.69) is 37.7 Å². The third kappa shape index (κ3) is 4.44. The van der Waals surface area contributed by atoms with Crippen molar-refractivity contribution in [3.63, 3.8) is 0 Å². The average molecular weight is 313 g/mol. The van der Waals surface area contributed by atoms with Gasteiger partial charge in [0, 0.05) is 29.1 Å². The van der Waals surface area contributed by atoms with Crippen LogP contribution in [0.4, 0.5) is 0 Å². The predicted molar refractivity (Wildman–Crippen MR) is 71.5 cm³/mol. The standard InChI is InChI=1S/C8H7NS.C3H2BrNS/c1-2-7(1)3-4-8-9-5-6-10-8;4-3-5-1-2-6-3/h5-7H,1-2H2;1-2H. The molecule has 2 aromatic rings. The van der Waals surface area contributed by atoms with E-state index in [4.69, 9.17) is 0 Å². The summed E-state index contributed by atoms with van der Waals surface area (Å²) in [6, 6.07) is 0. The van der Waals surface area contributed by atoms with Gasteiger partial charge >= 0.3 is 0 Å². The van der Waals surface area contributed by atoms with Crippen molar-refractivity contribution in [1.29, 1.82) is 0 Å². The van der Waals surface area contributed by atoms with E-state index in [1.54, 1.807) is 35.1 Å². The van der Waals surface area contributed by atoms with Crippen molar-refractivity contribution < 1.29 is 0 Å². The van der Waals surface area contributed by atoms with Crippen molar-refractivity contribution in [3.8, 4) is 11.8 Å². The molecule has 1 saturated carbocycles. The molecule has 0 amide bonds. The summed E-state index contributed by atoms with van der Waals surface area (Å²) in [5.74, 6) is 6.89. The Labute approximate surface area is 111 Å². The van der Waals surface area contributed by atoms with Crippen molar-refractivity contribution >= 4 is 38.6 Å². The van der Waals surface area contributed by atoms with Gasteiger partial charge in [0.1, 0.15) is 0 Å². The fourth-order valence-electron chi connectivity index (χ4n) is 0.883. The molecule has 0 saturated heterocycles. The van der Waals surface area contributed by atoms with Crippen molar-refractivity contribution in [2.75, 3.05) is 0 Å². The molecule has 16 heavy (non-hydrogen) atoms. The third-order valence-corrected chi connectivity index (χ3v) is 3.81. The average Bonchev–Trinajstić information content (AvgIpc) is 2.79. The van der Waals surface area contributed by atoms with Crippen LogP contribution in [0.2, 0.25) is 0 Å². The Balaban J connectivity index is 0.000000138. The summed E-state index contributed by atoms with van der Waals surface area (Å²) in [7, 11) is 0. The van der Waals surface area contributed by atoms with Crippen LogP contribution < -0.4 is 0 Å². The monoisotopic (exact) mass is 312 g/mol. The predicted octanol–water partition coefficient (Wildman–Crippen LogP) is 3.81. The summed E-state index contributed by atoms with van der Waals surface area (Å²) >= 11 is 6.38. The molecule has 0 atom stereocenters. The van der Waals surface area contributed by atoms with Gasteiger partial charge in [0.15, 0.2) is 8.92 Å². The van der Waals surface area contributed by atoms with Crippen LogP contribution in [0.1, 0.15) is 17.8 Å². The fourth-order valence-corrected chi connectivity index (χ4v) is 2.17. The molecule has 82 valence electrons. The maximum atomic E-state index is 4.06. The molecule has 1 fully saturated rings. The molecule has 2 aromatic heterocycles. The highest BCUT2D eigenvalue weighted by molar-refractivity contribution is 9.11. The first-order valence-corrected chi connectivity index (χ1v) is 7.36. The van der Waals surface area contributed by atoms with Gasteiger partial charge in [-0.05, 0) is 34.7 Å². The lowest BCUT2D eigenvalue weighted by Gasteiger charge is -1.73. The smallest absolute Gasteiger partial charge is 0.166 e. The van der Waals surface area contributed by atoms with Gasteiger partial charge in [-0.2, -0.15) is 0 Å². The number of hydrogen-bond acceptors (Lipinski definition) is 4. The minimum Gasteiger partial charge on any atom is -0.238 e. The molecule has 0 unspecified atom stereocenters. The van der Waals surface area contributed by atoms with E-state index in [0.717, 1.165) is 8.92 Å². The summed E-state index contributed by atoms with van der Waals surface area (Å²) in [6.45, 7) is 0. The SMILES string of the molecule is Brc1nccs1.C(#CC1CC1)c1nccs1. The zero-order chi connectivity index (χ0) is 11.2. The zero-order valence-electron chi connectivity index (χ0n) is 8.39. The lowest BCUT2D eigenvalue weighted by Crippen LogP contribution is -1.68. The molecule has 3 rings (SSSR count). The molecule has 5 heteroatoms. The molecule has 0 aromatic carbocycles.